The second-order valence-corrected chi connectivity index (χ2v) is 6.11. The quantitative estimate of drug-likeness (QED) is 0.637. The number of anilines is 1. The van der Waals surface area contributed by atoms with Crippen molar-refractivity contribution < 1.29 is 41.9 Å². The van der Waals surface area contributed by atoms with Gasteiger partial charge in [-0.1, -0.05) is 18.2 Å². The molecule has 1 aliphatic heterocycles. The molecule has 30 heavy (non-hydrogen) atoms. The second kappa shape index (κ2) is 11.0. The smallest absolute Gasteiger partial charge is 0.475 e. The van der Waals surface area contributed by atoms with Crippen LogP contribution in [0, 0.1) is 0 Å². The zero-order valence-corrected chi connectivity index (χ0v) is 15.6. The molecule has 1 aliphatic rings. The van der Waals surface area contributed by atoms with Gasteiger partial charge in [0.15, 0.2) is 12.4 Å². The molecule has 1 aromatic heterocycles. The number of carboxylic acid groups (broad SMARTS) is 1. The first-order valence-electron chi connectivity index (χ1n) is 8.85. The van der Waals surface area contributed by atoms with Crippen molar-refractivity contribution >= 4 is 17.7 Å². The van der Waals surface area contributed by atoms with Gasteiger partial charge in [0.2, 0.25) is 0 Å². The van der Waals surface area contributed by atoms with Gasteiger partial charge >= 0.3 is 18.2 Å². The minimum Gasteiger partial charge on any atom is -0.475 e. The Labute approximate surface area is 169 Å². The monoisotopic (exact) mass is 431 g/mol. The predicted octanol–water partition coefficient (Wildman–Crippen LogP) is 3.19. The largest absolute Gasteiger partial charge is 0.490 e. The molecule has 0 spiro atoms. The fourth-order valence-corrected chi connectivity index (χ4v) is 2.33. The van der Waals surface area contributed by atoms with Gasteiger partial charge in [-0.25, -0.2) is 9.59 Å². The van der Waals surface area contributed by atoms with Crippen LogP contribution in [0.1, 0.15) is 18.6 Å². The molecule has 1 saturated heterocycles. The van der Waals surface area contributed by atoms with Gasteiger partial charge in [0.05, 0.1) is 0 Å². The van der Waals surface area contributed by atoms with E-state index in [9.17, 15) is 18.0 Å². The third-order valence-corrected chi connectivity index (χ3v) is 3.74. The van der Waals surface area contributed by atoms with Crippen LogP contribution in [0.3, 0.4) is 0 Å². The van der Waals surface area contributed by atoms with Crippen LogP contribution in [0.25, 0.3) is 0 Å². The van der Waals surface area contributed by atoms with E-state index in [0.29, 0.717) is 30.0 Å². The van der Waals surface area contributed by atoms with Crippen LogP contribution in [0.4, 0.5) is 23.7 Å². The van der Waals surface area contributed by atoms with Crippen molar-refractivity contribution in [2.45, 2.75) is 31.7 Å². The Morgan fingerprint density at radius 3 is 2.60 bits per heavy atom. The number of halogens is 3. The number of aliphatic carboxylic acids is 1. The van der Waals surface area contributed by atoms with Crippen molar-refractivity contribution in [3.63, 3.8) is 0 Å². The highest BCUT2D eigenvalue weighted by molar-refractivity contribution is 5.84. The number of carboxylic acids is 1. The third kappa shape index (κ3) is 8.39. The van der Waals surface area contributed by atoms with Gasteiger partial charge in [-0.05, 0) is 36.7 Å². The number of rotatable bonds is 6. The Hall–Kier alpha value is -3.28. The number of ether oxygens (including phenoxy) is 2. The van der Waals surface area contributed by atoms with E-state index < -0.39 is 18.2 Å². The molecule has 1 amide bonds. The molecular weight excluding hydrogens is 411 g/mol. The molecule has 0 saturated carbocycles. The summed E-state index contributed by atoms with van der Waals surface area (Å²) in [5.74, 6) is -1.92. The summed E-state index contributed by atoms with van der Waals surface area (Å²) in [6.45, 7) is 1.58. The van der Waals surface area contributed by atoms with Crippen molar-refractivity contribution in [1.29, 1.82) is 0 Å². The predicted molar refractivity (Wildman–Crippen MR) is 97.0 cm³/mol. The first-order chi connectivity index (χ1) is 14.2. The zero-order valence-electron chi connectivity index (χ0n) is 15.6. The van der Waals surface area contributed by atoms with Crippen LogP contribution in [-0.4, -0.2) is 47.7 Å². The molecule has 3 N–H and O–H groups in total. The maximum atomic E-state index is 11.7. The van der Waals surface area contributed by atoms with Gasteiger partial charge in [0, 0.05) is 17.8 Å². The molecule has 0 unspecified atom stereocenters. The molecule has 2 heterocycles. The summed E-state index contributed by atoms with van der Waals surface area (Å²) in [7, 11) is 0. The van der Waals surface area contributed by atoms with Gasteiger partial charge in [0.1, 0.15) is 6.61 Å². The Balaban J connectivity index is 0.000000396. The number of benzene rings is 1. The molecule has 1 aromatic carbocycles. The zero-order chi connectivity index (χ0) is 22.0. The Bertz CT molecular complexity index is 807. The number of hydrogen-bond donors (Lipinski definition) is 3. The normalized spacial score (nSPS) is 15.6. The molecule has 0 radical (unpaired) electrons. The number of carbonyl (C=O) groups excluding carboxylic acids is 1. The molecule has 1 fully saturated rings. The van der Waals surface area contributed by atoms with Crippen molar-refractivity contribution in [3.05, 3.63) is 42.2 Å². The van der Waals surface area contributed by atoms with Crippen molar-refractivity contribution in [2.75, 3.05) is 18.5 Å². The van der Waals surface area contributed by atoms with Crippen LogP contribution in [-0.2, 0) is 16.1 Å². The second-order valence-electron chi connectivity index (χ2n) is 6.11. The highest BCUT2D eigenvalue weighted by Crippen LogP contribution is 2.15. The maximum absolute atomic E-state index is 11.7. The maximum Gasteiger partial charge on any atom is 0.490 e. The number of carbonyl (C=O) groups is 2. The van der Waals surface area contributed by atoms with Gasteiger partial charge in [0.25, 0.3) is 5.88 Å². The average molecular weight is 431 g/mol. The molecule has 0 aliphatic carbocycles. The fraction of sp³-hybridized carbons (Fsp3) is 0.389. The fourth-order valence-electron chi connectivity index (χ4n) is 2.33. The van der Waals surface area contributed by atoms with Gasteiger partial charge in [-0.3, -0.25) is 5.32 Å². The molecular formula is C18H20F3N3O6. The highest BCUT2D eigenvalue weighted by Gasteiger charge is 2.38. The van der Waals surface area contributed by atoms with E-state index in [1.54, 1.807) is 18.2 Å². The summed E-state index contributed by atoms with van der Waals surface area (Å²) in [4.78, 5) is 20.6. The molecule has 2 aromatic rings. The first-order valence-corrected chi connectivity index (χ1v) is 8.85. The van der Waals surface area contributed by atoms with E-state index in [2.05, 4.69) is 15.8 Å². The van der Waals surface area contributed by atoms with Crippen LogP contribution in [0.5, 0.6) is 5.88 Å². The van der Waals surface area contributed by atoms with Crippen molar-refractivity contribution in [3.8, 4) is 5.88 Å². The van der Waals surface area contributed by atoms with E-state index in [1.807, 2.05) is 18.2 Å². The lowest BCUT2D eigenvalue weighted by Gasteiger charge is -2.08. The van der Waals surface area contributed by atoms with Gasteiger partial charge < -0.3 is 24.4 Å². The first kappa shape index (κ1) is 23.0. The van der Waals surface area contributed by atoms with E-state index in [1.165, 1.54) is 6.42 Å². The minimum absolute atomic E-state index is 0.00327. The summed E-state index contributed by atoms with van der Waals surface area (Å²) in [5, 5.41) is 16.9. The standard InChI is InChI=1S/C16H19N3O4.C2HF3O2/c20-16(18-12-5-2-1-3-6-12)22-11-14-9-15(19-23-14)21-10-13-7-4-8-17-13;3-2(4,5)1(6)7/h1-3,5-6,9,13,17H,4,7-8,10-11H2,(H,18,20);(H,6,7)/t13-;/m0./s1. The summed E-state index contributed by atoms with van der Waals surface area (Å²) < 4.78 is 47.4. The summed E-state index contributed by atoms with van der Waals surface area (Å²) >= 11 is 0. The Kier molecular flexibility index (Phi) is 8.47. The molecule has 3 rings (SSSR count). The van der Waals surface area contributed by atoms with Gasteiger partial charge in [-0.15, -0.1) is 0 Å². The number of amides is 1. The Morgan fingerprint density at radius 2 is 2.00 bits per heavy atom. The number of hydrogen-bond acceptors (Lipinski definition) is 7. The lowest BCUT2D eigenvalue weighted by Crippen LogP contribution is -2.28. The van der Waals surface area contributed by atoms with Crippen LogP contribution < -0.4 is 15.4 Å². The van der Waals surface area contributed by atoms with Crippen molar-refractivity contribution in [2.24, 2.45) is 0 Å². The average Bonchev–Trinajstić information content (AvgIpc) is 3.37. The highest BCUT2D eigenvalue weighted by atomic mass is 19.4. The summed E-state index contributed by atoms with van der Waals surface area (Å²) in [6, 6.07) is 11.1. The molecule has 0 bridgehead atoms. The minimum atomic E-state index is -5.08. The van der Waals surface area contributed by atoms with Crippen LogP contribution in [0.15, 0.2) is 40.9 Å². The summed E-state index contributed by atoms with van der Waals surface area (Å²) in [6.07, 6.45) is -3.36. The SMILES string of the molecule is O=C(Nc1ccccc1)OCc1cc(OC[C@@H]2CCCN2)no1.O=C(O)C(F)(F)F. The molecule has 9 nitrogen and oxygen atoms in total. The molecule has 1 atom stereocenters. The van der Waals surface area contributed by atoms with E-state index in [-0.39, 0.29) is 6.61 Å². The number of para-hydroxylation sites is 1. The number of alkyl halides is 3. The van der Waals surface area contributed by atoms with Crippen LogP contribution >= 0.6 is 0 Å². The lowest BCUT2D eigenvalue weighted by molar-refractivity contribution is -0.192. The van der Waals surface area contributed by atoms with E-state index >= 15 is 0 Å². The van der Waals surface area contributed by atoms with Crippen LogP contribution in [0.2, 0.25) is 0 Å². The third-order valence-electron chi connectivity index (χ3n) is 3.74. The summed E-state index contributed by atoms with van der Waals surface area (Å²) in [5.41, 5.74) is 0.670. The van der Waals surface area contributed by atoms with Crippen molar-refractivity contribution in [1.82, 2.24) is 10.5 Å². The lowest BCUT2D eigenvalue weighted by atomic mass is 10.2. The number of aromatic nitrogens is 1. The number of nitrogens with one attached hydrogen (secondary N) is 2. The van der Waals surface area contributed by atoms with E-state index in [0.717, 1.165) is 13.0 Å². The Morgan fingerprint density at radius 1 is 1.30 bits per heavy atom. The van der Waals surface area contributed by atoms with Gasteiger partial charge in [-0.2, -0.15) is 13.2 Å². The molecule has 12 heteroatoms. The van der Waals surface area contributed by atoms with E-state index in [4.69, 9.17) is 23.9 Å². The topological polar surface area (TPSA) is 123 Å². The molecule has 164 valence electrons. The number of nitrogens with zero attached hydrogens (tertiary/aromatic N) is 1.